The summed E-state index contributed by atoms with van der Waals surface area (Å²) >= 11 is 5.15. The monoisotopic (exact) mass is 298 g/mol. The van der Waals surface area contributed by atoms with Crippen molar-refractivity contribution in [2.24, 2.45) is 5.73 Å². The fourth-order valence-corrected chi connectivity index (χ4v) is 2.52. The van der Waals surface area contributed by atoms with Crippen LogP contribution in [0.25, 0.3) is 5.65 Å². The molecular formula is C15H14N4OS. The molecule has 0 bridgehead atoms. The predicted octanol–water partition coefficient (Wildman–Crippen LogP) is 1.57. The minimum Gasteiger partial charge on any atom is -0.393 e. The van der Waals surface area contributed by atoms with Gasteiger partial charge >= 0.3 is 5.69 Å². The van der Waals surface area contributed by atoms with Gasteiger partial charge in [-0.3, -0.25) is 4.40 Å². The molecule has 3 rings (SSSR count). The molecule has 106 valence electrons. The maximum atomic E-state index is 12.3. The second kappa shape index (κ2) is 5.49. The lowest BCUT2D eigenvalue weighted by Gasteiger charge is -2.15. The molecule has 2 heterocycles. The van der Waals surface area contributed by atoms with E-state index >= 15 is 0 Å². The van der Waals surface area contributed by atoms with Gasteiger partial charge in [-0.25, -0.2) is 9.48 Å². The van der Waals surface area contributed by atoms with Gasteiger partial charge in [-0.15, -0.1) is 5.10 Å². The van der Waals surface area contributed by atoms with Crippen molar-refractivity contribution < 1.29 is 0 Å². The minimum atomic E-state index is -0.219. The first-order valence-electron chi connectivity index (χ1n) is 6.55. The van der Waals surface area contributed by atoms with Crippen molar-refractivity contribution >= 4 is 22.9 Å². The van der Waals surface area contributed by atoms with Gasteiger partial charge in [0.25, 0.3) is 0 Å². The lowest BCUT2D eigenvalue weighted by Crippen LogP contribution is -2.29. The van der Waals surface area contributed by atoms with E-state index in [9.17, 15) is 4.79 Å². The molecule has 0 saturated carbocycles. The zero-order valence-corrected chi connectivity index (χ0v) is 12.0. The lowest BCUT2D eigenvalue weighted by molar-refractivity contribution is 0.570. The molecule has 0 aliphatic carbocycles. The van der Waals surface area contributed by atoms with Crippen molar-refractivity contribution in [1.82, 2.24) is 14.2 Å². The van der Waals surface area contributed by atoms with Crippen LogP contribution in [0.2, 0.25) is 0 Å². The highest BCUT2D eigenvalue weighted by molar-refractivity contribution is 7.80. The predicted molar refractivity (Wildman–Crippen MR) is 85.4 cm³/mol. The van der Waals surface area contributed by atoms with Crippen LogP contribution in [0, 0.1) is 0 Å². The summed E-state index contributed by atoms with van der Waals surface area (Å²) in [5.74, 6) is -0.219. The van der Waals surface area contributed by atoms with Crippen LogP contribution < -0.4 is 11.4 Å². The number of benzene rings is 1. The van der Waals surface area contributed by atoms with Crippen LogP contribution in [-0.4, -0.2) is 19.2 Å². The second-order valence-electron chi connectivity index (χ2n) is 4.76. The van der Waals surface area contributed by atoms with E-state index in [1.54, 1.807) is 18.3 Å². The molecule has 21 heavy (non-hydrogen) atoms. The summed E-state index contributed by atoms with van der Waals surface area (Å²) < 4.78 is 2.91. The molecule has 5 nitrogen and oxygen atoms in total. The van der Waals surface area contributed by atoms with Crippen LogP contribution >= 0.6 is 12.2 Å². The standard InChI is InChI=1S/C15H14N4OS/c16-14(21)12(11-6-2-1-3-7-11)10-19-15(20)18-9-5-4-8-13(18)17-19/h1-9,12H,10H2,(H2,16,21). The molecule has 1 unspecified atom stereocenters. The Morgan fingerprint density at radius 1 is 1.19 bits per heavy atom. The molecule has 0 aliphatic rings. The molecule has 0 amide bonds. The van der Waals surface area contributed by atoms with Crippen LogP contribution in [0.4, 0.5) is 0 Å². The Bertz CT molecular complexity index is 838. The van der Waals surface area contributed by atoms with Crippen molar-refractivity contribution in [3.8, 4) is 0 Å². The van der Waals surface area contributed by atoms with Gasteiger partial charge < -0.3 is 5.73 Å². The van der Waals surface area contributed by atoms with Gasteiger partial charge in [-0.05, 0) is 17.7 Å². The number of pyridine rings is 1. The Morgan fingerprint density at radius 2 is 1.90 bits per heavy atom. The average molecular weight is 298 g/mol. The first-order chi connectivity index (χ1) is 10.2. The number of nitrogens with two attached hydrogens (primary N) is 1. The first kappa shape index (κ1) is 13.5. The van der Waals surface area contributed by atoms with Crippen LogP contribution in [-0.2, 0) is 6.54 Å². The molecule has 2 aromatic heterocycles. The number of hydrogen-bond acceptors (Lipinski definition) is 3. The Morgan fingerprint density at radius 3 is 2.57 bits per heavy atom. The zero-order chi connectivity index (χ0) is 14.8. The maximum absolute atomic E-state index is 12.3. The summed E-state index contributed by atoms with van der Waals surface area (Å²) in [6.07, 6.45) is 1.69. The number of aromatic nitrogens is 3. The van der Waals surface area contributed by atoms with Gasteiger partial charge in [0.05, 0.1) is 17.5 Å². The van der Waals surface area contributed by atoms with E-state index in [1.165, 1.54) is 9.08 Å². The summed E-state index contributed by atoms with van der Waals surface area (Å²) in [5.41, 5.74) is 7.24. The molecule has 1 aromatic carbocycles. The van der Waals surface area contributed by atoms with Gasteiger partial charge in [0.15, 0.2) is 5.65 Å². The van der Waals surface area contributed by atoms with Gasteiger partial charge in [-0.2, -0.15) is 0 Å². The van der Waals surface area contributed by atoms with Crippen molar-refractivity contribution in [1.29, 1.82) is 0 Å². The Kier molecular flexibility index (Phi) is 3.53. The smallest absolute Gasteiger partial charge is 0.350 e. The average Bonchev–Trinajstić information content (AvgIpc) is 2.82. The fourth-order valence-electron chi connectivity index (χ4n) is 2.30. The van der Waals surface area contributed by atoms with Crippen molar-refractivity contribution in [2.75, 3.05) is 0 Å². The van der Waals surface area contributed by atoms with Gasteiger partial charge in [0, 0.05) is 6.20 Å². The highest BCUT2D eigenvalue weighted by Crippen LogP contribution is 2.17. The minimum absolute atomic E-state index is 0.192. The first-order valence-corrected chi connectivity index (χ1v) is 6.96. The molecular weight excluding hydrogens is 284 g/mol. The summed E-state index contributed by atoms with van der Waals surface area (Å²) in [4.78, 5) is 12.6. The highest BCUT2D eigenvalue weighted by atomic mass is 32.1. The van der Waals surface area contributed by atoms with Crippen molar-refractivity contribution in [3.63, 3.8) is 0 Å². The molecule has 0 radical (unpaired) electrons. The van der Waals surface area contributed by atoms with E-state index in [2.05, 4.69) is 5.10 Å². The van der Waals surface area contributed by atoms with Gasteiger partial charge in [-0.1, -0.05) is 48.6 Å². The molecule has 0 aliphatic heterocycles. The zero-order valence-electron chi connectivity index (χ0n) is 11.2. The summed E-state index contributed by atoms with van der Waals surface area (Å²) in [7, 11) is 0. The van der Waals surface area contributed by atoms with Gasteiger partial charge in [0.2, 0.25) is 0 Å². The molecule has 2 N–H and O–H groups in total. The Balaban J connectivity index is 2.01. The fraction of sp³-hybridized carbons (Fsp3) is 0.133. The number of thiocarbonyl (C=S) groups is 1. The molecule has 3 aromatic rings. The van der Waals surface area contributed by atoms with Gasteiger partial charge in [0.1, 0.15) is 0 Å². The molecule has 0 fully saturated rings. The largest absolute Gasteiger partial charge is 0.393 e. The highest BCUT2D eigenvalue weighted by Gasteiger charge is 2.18. The van der Waals surface area contributed by atoms with E-state index in [4.69, 9.17) is 18.0 Å². The third-order valence-corrected chi connectivity index (χ3v) is 3.67. The molecule has 6 heteroatoms. The summed E-state index contributed by atoms with van der Waals surface area (Å²) in [6.45, 7) is 0.333. The van der Waals surface area contributed by atoms with E-state index in [0.29, 0.717) is 17.2 Å². The normalized spacial score (nSPS) is 12.4. The topological polar surface area (TPSA) is 65.3 Å². The van der Waals surface area contributed by atoms with Crippen molar-refractivity contribution in [3.05, 3.63) is 70.8 Å². The lowest BCUT2D eigenvalue weighted by atomic mass is 9.99. The number of rotatable bonds is 4. The Labute approximate surface area is 126 Å². The number of hydrogen-bond donors (Lipinski definition) is 1. The van der Waals surface area contributed by atoms with E-state index in [1.807, 2.05) is 36.4 Å². The third-order valence-electron chi connectivity index (χ3n) is 3.39. The SMILES string of the molecule is NC(=S)C(Cn1nc2ccccn2c1=O)c1ccccc1. The quantitative estimate of drug-likeness (QED) is 0.743. The molecule has 0 spiro atoms. The number of nitrogens with zero attached hydrogens (tertiary/aromatic N) is 3. The third kappa shape index (κ3) is 2.57. The van der Waals surface area contributed by atoms with E-state index in [0.717, 1.165) is 5.56 Å². The van der Waals surface area contributed by atoms with Crippen molar-refractivity contribution in [2.45, 2.75) is 12.5 Å². The van der Waals surface area contributed by atoms with Crippen LogP contribution in [0.15, 0.2) is 59.5 Å². The van der Waals surface area contributed by atoms with E-state index < -0.39 is 0 Å². The van der Waals surface area contributed by atoms with Crippen LogP contribution in [0.1, 0.15) is 11.5 Å². The molecule has 1 atom stereocenters. The summed E-state index contributed by atoms with van der Waals surface area (Å²) in [6, 6.07) is 15.1. The van der Waals surface area contributed by atoms with E-state index in [-0.39, 0.29) is 11.6 Å². The van der Waals surface area contributed by atoms with Crippen LogP contribution in [0.3, 0.4) is 0 Å². The maximum Gasteiger partial charge on any atom is 0.350 e. The Hall–Kier alpha value is -2.47. The van der Waals surface area contributed by atoms with Crippen LogP contribution in [0.5, 0.6) is 0 Å². The number of fused-ring (bicyclic) bond motifs is 1. The second-order valence-corrected chi connectivity index (χ2v) is 5.23. The summed E-state index contributed by atoms with van der Waals surface area (Å²) in [5, 5.41) is 4.31. The molecule has 0 saturated heterocycles.